The average molecular weight is 364 g/mol. The summed E-state index contributed by atoms with van der Waals surface area (Å²) in [6.45, 7) is 11.5. The lowest BCUT2D eigenvalue weighted by molar-refractivity contribution is 0.132. The Morgan fingerprint density at radius 3 is 2.52 bits per heavy atom. The SMILES string of the molecule is CCCOc1cc2c(c3c1OC(C)(C)C3)C(c1ccccc1)=NC(C)(C)C2. The summed E-state index contributed by atoms with van der Waals surface area (Å²) in [7, 11) is 0. The highest BCUT2D eigenvalue weighted by Crippen LogP contribution is 2.48. The maximum Gasteiger partial charge on any atom is 0.166 e. The predicted molar refractivity (Wildman–Crippen MR) is 111 cm³/mol. The Kier molecular flexibility index (Phi) is 4.29. The molecular weight excluding hydrogens is 334 g/mol. The highest BCUT2D eigenvalue weighted by atomic mass is 16.5. The van der Waals surface area contributed by atoms with E-state index in [-0.39, 0.29) is 11.1 Å². The van der Waals surface area contributed by atoms with E-state index in [9.17, 15) is 0 Å². The number of hydrogen-bond donors (Lipinski definition) is 0. The van der Waals surface area contributed by atoms with Crippen molar-refractivity contribution < 1.29 is 9.47 Å². The van der Waals surface area contributed by atoms with Gasteiger partial charge in [-0.15, -0.1) is 0 Å². The van der Waals surface area contributed by atoms with Gasteiger partial charge in [0.15, 0.2) is 11.5 Å². The molecule has 0 fully saturated rings. The Hall–Kier alpha value is -2.29. The quantitative estimate of drug-likeness (QED) is 0.732. The minimum absolute atomic E-state index is 0.135. The molecule has 0 atom stereocenters. The van der Waals surface area contributed by atoms with E-state index in [1.807, 2.05) is 0 Å². The maximum absolute atomic E-state index is 6.34. The summed E-state index contributed by atoms with van der Waals surface area (Å²) in [4.78, 5) is 5.16. The molecule has 0 amide bonds. The van der Waals surface area contributed by atoms with Crippen LogP contribution in [-0.2, 0) is 12.8 Å². The Labute approximate surface area is 162 Å². The van der Waals surface area contributed by atoms with Crippen LogP contribution in [0.5, 0.6) is 11.5 Å². The van der Waals surface area contributed by atoms with Gasteiger partial charge in [-0.2, -0.15) is 0 Å². The lowest BCUT2D eigenvalue weighted by Gasteiger charge is -2.31. The number of rotatable bonds is 4. The van der Waals surface area contributed by atoms with E-state index in [0.29, 0.717) is 6.61 Å². The molecule has 2 heterocycles. The summed E-state index contributed by atoms with van der Waals surface area (Å²) in [6.07, 6.45) is 2.77. The molecule has 0 spiro atoms. The zero-order valence-corrected chi connectivity index (χ0v) is 17.1. The summed E-state index contributed by atoms with van der Waals surface area (Å²) >= 11 is 0. The molecule has 142 valence electrons. The van der Waals surface area contributed by atoms with Crippen molar-refractivity contribution in [2.24, 2.45) is 4.99 Å². The molecule has 0 N–H and O–H groups in total. The van der Waals surface area contributed by atoms with Crippen LogP contribution in [0.25, 0.3) is 0 Å². The van der Waals surface area contributed by atoms with Crippen LogP contribution in [0.2, 0.25) is 0 Å². The van der Waals surface area contributed by atoms with Crippen LogP contribution in [0.4, 0.5) is 0 Å². The first kappa shape index (κ1) is 18.1. The highest BCUT2D eigenvalue weighted by molar-refractivity contribution is 6.16. The van der Waals surface area contributed by atoms with Gasteiger partial charge in [-0.05, 0) is 52.2 Å². The average Bonchev–Trinajstić information content (AvgIpc) is 2.94. The molecule has 0 unspecified atom stereocenters. The molecule has 2 aliphatic rings. The van der Waals surface area contributed by atoms with E-state index in [0.717, 1.165) is 36.5 Å². The Morgan fingerprint density at radius 1 is 1.07 bits per heavy atom. The van der Waals surface area contributed by atoms with Crippen LogP contribution in [0, 0.1) is 0 Å². The summed E-state index contributed by atoms with van der Waals surface area (Å²) < 4.78 is 12.4. The third-order valence-electron chi connectivity index (χ3n) is 5.19. The topological polar surface area (TPSA) is 30.8 Å². The van der Waals surface area contributed by atoms with E-state index >= 15 is 0 Å². The summed E-state index contributed by atoms with van der Waals surface area (Å²) in [6, 6.07) is 12.7. The van der Waals surface area contributed by atoms with Gasteiger partial charge in [-0.1, -0.05) is 37.3 Å². The number of benzene rings is 2. The van der Waals surface area contributed by atoms with Gasteiger partial charge in [0.2, 0.25) is 0 Å². The van der Waals surface area contributed by atoms with Gasteiger partial charge in [0.05, 0.1) is 17.9 Å². The van der Waals surface area contributed by atoms with Gasteiger partial charge in [-0.25, -0.2) is 0 Å². The molecule has 0 bridgehead atoms. The standard InChI is InChI=1S/C24H29NO2/c1-6-12-26-19-13-17-14-23(2,3)25-21(16-10-8-7-9-11-16)20(17)18-15-24(4,5)27-22(18)19/h7-11,13H,6,12,14-15H2,1-5H3. The van der Waals surface area contributed by atoms with Crippen LogP contribution in [0.1, 0.15) is 63.3 Å². The first-order chi connectivity index (χ1) is 12.8. The third-order valence-corrected chi connectivity index (χ3v) is 5.19. The van der Waals surface area contributed by atoms with E-state index in [4.69, 9.17) is 14.5 Å². The van der Waals surface area contributed by atoms with Crippen LogP contribution in [-0.4, -0.2) is 23.5 Å². The molecule has 2 aromatic carbocycles. The van der Waals surface area contributed by atoms with Crippen molar-refractivity contribution in [1.29, 1.82) is 0 Å². The van der Waals surface area contributed by atoms with Crippen molar-refractivity contribution >= 4 is 5.71 Å². The lowest BCUT2D eigenvalue weighted by Crippen LogP contribution is -2.30. The first-order valence-corrected chi connectivity index (χ1v) is 9.96. The molecule has 3 heteroatoms. The fourth-order valence-electron chi connectivity index (χ4n) is 4.19. The molecule has 0 aliphatic carbocycles. The third kappa shape index (κ3) is 3.36. The van der Waals surface area contributed by atoms with Crippen LogP contribution < -0.4 is 9.47 Å². The van der Waals surface area contributed by atoms with Gasteiger partial charge in [-0.3, -0.25) is 4.99 Å². The number of hydrogen-bond acceptors (Lipinski definition) is 3. The predicted octanol–water partition coefficient (Wildman–Crippen LogP) is 5.36. The molecule has 0 radical (unpaired) electrons. The number of nitrogens with zero attached hydrogens (tertiary/aromatic N) is 1. The second-order valence-corrected chi connectivity index (χ2v) is 8.92. The zero-order valence-electron chi connectivity index (χ0n) is 17.1. The van der Waals surface area contributed by atoms with Crippen molar-refractivity contribution in [3.8, 4) is 11.5 Å². The second-order valence-electron chi connectivity index (χ2n) is 8.92. The smallest absolute Gasteiger partial charge is 0.166 e. The van der Waals surface area contributed by atoms with Crippen LogP contribution in [0.15, 0.2) is 41.4 Å². The van der Waals surface area contributed by atoms with Crippen LogP contribution in [0.3, 0.4) is 0 Å². The van der Waals surface area contributed by atoms with Crippen molar-refractivity contribution in [2.45, 2.75) is 65.0 Å². The monoisotopic (exact) mass is 363 g/mol. The molecule has 27 heavy (non-hydrogen) atoms. The van der Waals surface area contributed by atoms with Gasteiger partial charge < -0.3 is 9.47 Å². The second kappa shape index (κ2) is 6.40. The number of ether oxygens (including phenoxy) is 2. The number of fused-ring (bicyclic) bond motifs is 3. The van der Waals surface area contributed by atoms with Gasteiger partial charge >= 0.3 is 0 Å². The fraction of sp³-hybridized carbons (Fsp3) is 0.458. The van der Waals surface area contributed by atoms with Gasteiger partial charge in [0, 0.05) is 23.1 Å². The first-order valence-electron chi connectivity index (χ1n) is 9.96. The van der Waals surface area contributed by atoms with E-state index in [2.05, 4.69) is 71.0 Å². The van der Waals surface area contributed by atoms with Crippen molar-refractivity contribution in [2.75, 3.05) is 6.61 Å². The number of aliphatic imine (C=N–C) groups is 1. The van der Waals surface area contributed by atoms with Gasteiger partial charge in [0.1, 0.15) is 5.60 Å². The van der Waals surface area contributed by atoms with E-state index in [1.165, 1.54) is 22.3 Å². The van der Waals surface area contributed by atoms with Crippen molar-refractivity contribution in [3.05, 3.63) is 58.7 Å². The summed E-state index contributed by atoms with van der Waals surface area (Å²) in [5.41, 5.74) is 5.72. The van der Waals surface area contributed by atoms with E-state index in [1.54, 1.807) is 0 Å². The van der Waals surface area contributed by atoms with Gasteiger partial charge in [0.25, 0.3) is 0 Å². The maximum atomic E-state index is 6.34. The summed E-state index contributed by atoms with van der Waals surface area (Å²) in [5.74, 6) is 1.80. The molecule has 2 aromatic rings. The van der Waals surface area contributed by atoms with Crippen LogP contribution >= 0.6 is 0 Å². The largest absolute Gasteiger partial charge is 0.490 e. The minimum atomic E-state index is -0.226. The van der Waals surface area contributed by atoms with E-state index < -0.39 is 0 Å². The molecule has 4 rings (SSSR count). The van der Waals surface area contributed by atoms with Crippen molar-refractivity contribution in [1.82, 2.24) is 0 Å². The van der Waals surface area contributed by atoms with Crippen molar-refractivity contribution in [3.63, 3.8) is 0 Å². The molecular formula is C24H29NO2. The summed E-state index contributed by atoms with van der Waals surface area (Å²) in [5, 5.41) is 0. The highest BCUT2D eigenvalue weighted by Gasteiger charge is 2.39. The molecule has 2 aliphatic heterocycles. The zero-order chi connectivity index (χ0) is 19.2. The molecule has 0 saturated carbocycles. The Bertz CT molecular complexity index is 894. The minimum Gasteiger partial charge on any atom is -0.490 e. The molecule has 0 saturated heterocycles. The molecule has 0 aromatic heterocycles. The lowest BCUT2D eigenvalue weighted by atomic mass is 9.81. The fourth-order valence-corrected chi connectivity index (χ4v) is 4.19. The normalized spacial score (nSPS) is 18.9. The molecule has 3 nitrogen and oxygen atoms in total. The Balaban J connectivity index is 1.94. The Morgan fingerprint density at radius 2 is 1.81 bits per heavy atom.